The number of benzene rings is 1. The Bertz CT molecular complexity index is 1020. The molecule has 1 aliphatic heterocycles. The first-order chi connectivity index (χ1) is 12.8. The summed E-state index contributed by atoms with van der Waals surface area (Å²) in [6.45, 7) is 1.49. The number of thiazole rings is 1. The Morgan fingerprint density at radius 3 is 2.63 bits per heavy atom. The number of carbonyl (C=O) groups excluding carboxylic acids is 2. The van der Waals surface area contributed by atoms with Crippen molar-refractivity contribution in [2.24, 2.45) is 0 Å². The molecule has 0 saturated carbocycles. The van der Waals surface area contributed by atoms with E-state index in [1.807, 2.05) is 0 Å². The summed E-state index contributed by atoms with van der Waals surface area (Å²) in [5.41, 5.74) is 0.768. The Labute approximate surface area is 159 Å². The van der Waals surface area contributed by atoms with Crippen molar-refractivity contribution in [3.05, 3.63) is 52.2 Å². The quantitative estimate of drug-likeness (QED) is 0.770. The molecular formula is C17H16N2O6S2. The van der Waals surface area contributed by atoms with Crippen molar-refractivity contribution in [1.82, 2.24) is 4.98 Å². The average molecular weight is 408 g/mol. The number of nitrogens with zero attached hydrogens (tertiary/aromatic N) is 1. The number of rotatable bonds is 4. The minimum Gasteiger partial charge on any atom is -0.486 e. The van der Waals surface area contributed by atoms with Crippen LogP contribution in [0.1, 0.15) is 20.9 Å². The number of sulfone groups is 1. The van der Waals surface area contributed by atoms with Gasteiger partial charge in [0.15, 0.2) is 15.0 Å². The fraction of sp³-hybridized carbons (Fsp3) is 0.235. The van der Waals surface area contributed by atoms with Crippen LogP contribution >= 0.6 is 11.3 Å². The summed E-state index contributed by atoms with van der Waals surface area (Å²) in [6.07, 6.45) is 0. The van der Waals surface area contributed by atoms with Crippen molar-refractivity contribution < 1.29 is 27.5 Å². The Morgan fingerprint density at radius 1 is 1.26 bits per heavy atom. The second-order valence-corrected chi connectivity index (χ2v) is 8.62. The van der Waals surface area contributed by atoms with Gasteiger partial charge in [0.05, 0.1) is 18.6 Å². The number of nitrogens with one attached hydrogen (secondary N) is 1. The molecule has 1 amide bonds. The van der Waals surface area contributed by atoms with E-state index in [1.54, 1.807) is 37.3 Å². The van der Waals surface area contributed by atoms with Gasteiger partial charge in [0.25, 0.3) is 5.91 Å². The lowest BCUT2D eigenvalue weighted by Crippen LogP contribution is -2.28. The first-order valence-corrected chi connectivity index (χ1v) is 10.3. The minimum absolute atomic E-state index is 0.119. The monoisotopic (exact) mass is 408 g/mol. The summed E-state index contributed by atoms with van der Waals surface area (Å²) >= 11 is 0.936. The molecule has 1 N–H and O–H groups in total. The van der Waals surface area contributed by atoms with Gasteiger partial charge in [-0.3, -0.25) is 10.1 Å². The molecule has 3 rings (SSSR count). The fourth-order valence-corrected chi connectivity index (χ4v) is 4.83. The Hall–Kier alpha value is -2.72. The maximum Gasteiger partial charge on any atom is 0.350 e. The first-order valence-electron chi connectivity index (χ1n) is 7.86. The summed E-state index contributed by atoms with van der Waals surface area (Å²) in [6, 6.07) is 8.28. The van der Waals surface area contributed by atoms with Crippen LogP contribution in [0.4, 0.5) is 5.13 Å². The molecule has 142 valence electrons. The molecule has 0 unspecified atom stereocenters. The van der Waals surface area contributed by atoms with Crippen molar-refractivity contribution >= 4 is 43.1 Å². The van der Waals surface area contributed by atoms with Gasteiger partial charge in [-0.05, 0) is 12.5 Å². The predicted octanol–water partition coefficient (Wildman–Crippen LogP) is 1.99. The molecule has 0 aliphatic carbocycles. The highest BCUT2D eigenvalue weighted by atomic mass is 32.2. The SMILES string of the molecule is COC(=O)c1sc(NC(=O)C2=C(c3ccccc3)S(=O)(=O)CCO2)nc1C. The topological polar surface area (TPSA) is 112 Å². The maximum absolute atomic E-state index is 12.7. The second-order valence-electron chi connectivity index (χ2n) is 5.57. The van der Waals surface area contributed by atoms with E-state index in [2.05, 4.69) is 15.0 Å². The number of methoxy groups -OCH3 is 1. The molecule has 0 bridgehead atoms. The molecule has 1 aromatic carbocycles. The van der Waals surface area contributed by atoms with Crippen molar-refractivity contribution in [3.8, 4) is 0 Å². The number of aryl methyl sites for hydroxylation is 1. The van der Waals surface area contributed by atoms with Crippen LogP contribution in [0, 0.1) is 6.92 Å². The molecule has 0 atom stereocenters. The van der Waals surface area contributed by atoms with Gasteiger partial charge >= 0.3 is 5.97 Å². The van der Waals surface area contributed by atoms with Gasteiger partial charge < -0.3 is 9.47 Å². The first kappa shape index (κ1) is 19.1. The Balaban J connectivity index is 1.99. The number of anilines is 1. The summed E-state index contributed by atoms with van der Waals surface area (Å²) in [4.78, 5) is 28.6. The van der Waals surface area contributed by atoms with Crippen LogP contribution in [0.15, 0.2) is 36.1 Å². The fourth-order valence-electron chi connectivity index (χ4n) is 2.52. The van der Waals surface area contributed by atoms with Crippen molar-refractivity contribution in [3.63, 3.8) is 0 Å². The highest BCUT2D eigenvalue weighted by Crippen LogP contribution is 2.31. The Morgan fingerprint density at radius 2 is 1.96 bits per heavy atom. The molecule has 0 spiro atoms. The molecule has 0 fully saturated rings. The van der Waals surface area contributed by atoms with E-state index >= 15 is 0 Å². The smallest absolute Gasteiger partial charge is 0.350 e. The number of hydrogen-bond acceptors (Lipinski definition) is 8. The lowest BCUT2D eigenvalue weighted by atomic mass is 10.2. The number of esters is 1. The molecule has 2 heterocycles. The van der Waals surface area contributed by atoms with E-state index < -0.39 is 21.7 Å². The largest absolute Gasteiger partial charge is 0.486 e. The zero-order valence-electron chi connectivity index (χ0n) is 14.5. The third-order valence-corrected chi connectivity index (χ3v) is 6.55. The molecule has 0 radical (unpaired) electrons. The van der Waals surface area contributed by atoms with Crippen LogP contribution in [0.5, 0.6) is 0 Å². The number of aromatic nitrogens is 1. The van der Waals surface area contributed by atoms with Gasteiger partial charge in [0.2, 0.25) is 5.76 Å². The third kappa shape index (κ3) is 3.86. The minimum atomic E-state index is -3.68. The average Bonchev–Trinajstić information content (AvgIpc) is 3.00. The van der Waals surface area contributed by atoms with Gasteiger partial charge in [0, 0.05) is 0 Å². The van der Waals surface area contributed by atoms with E-state index in [-0.39, 0.29) is 33.0 Å². The van der Waals surface area contributed by atoms with Gasteiger partial charge in [-0.25, -0.2) is 18.2 Å². The lowest BCUT2D eigenvalue weighted by Gasteiger charge is -2.20. The number of ether oxygens (including phenoxy) is 2. The molecular weight excluding hydrogens is 392 g/mol. The van der Waals surface area contributed by atoms with Crippen LogP contribution in [0.25, 0.3) is 4.91 Å². The van der Waals surface area contributed by atoms with Crippen LogP contribution < -0.4 is 5.32 Å². The second kappa shape index (κ2) is 7.49. The summed E-state index contributed by atoms with van der Waals surface area (Å²) in [5.74, 6) is -1.81. The van der Waals surface area contributed by atoms with Gasteiger partial charge in [-0.2, -0.15) is 0 Å². The van der Waals surface area contributed by atoms with Crippen LogP contribution in [-0.2, 0) is 24.1 Å². The van der Waals surface area contributed by atoms with Crippen LogP contribution in [0.2, 0.25) is 0 Å². The number of amides is 1. The zero-order chi connectivity index (χ0) is 19.6. The van der Waals surface area contributed by atoms with Gasteiger partial charge in [-0.1, -0.05) is 41.7 Å². The van der Waals surface area contributed by atoms with E-state index in [1.165, 1.54) is 7.11 Å². The highest BCUT2D eigenvalue weighted by Gasteiger charge is 2.33. The molecule has 8 nitrogen and oxygen atoms in total. The molecule has 27 heavy (non-hydrogen) atoms. The van der Waals surface area contributed by atoms with Crippen molar-refractivity contribution in [1.29, 1.82) is 0 Å². The standard InChI is InChI=1S/C17H16N2O6S2/c1-10-13(16(21)24-2)26-17(18-10)19-15(20)12-14(11-6-4-3-5-7-11)27(22,23)9-8-25-12/h3-7H,8-9H2,1-2H3,(H,18,19,20). The Kier molecular flexibility index (Phi) is 5.29. The molecule has 2 aromatic rings. The normalized spacial score (nSPS) is 15.8. The maximum atomic E-state index is 12.7. The van der Waals surface area contributed by atoms with Crippen LogP contribution in [-0.4, -0.2) is 44.7 Å². The van der Waals surface area contributed by atoms with E-state index in [9.17, 15) is 18.0 Å². The van der Waals surface area contributed by atoms with E-state index in [0.717, 1.165) is 11.3 Å². The summed E-state index contributed by atoms with van der Waals surface area (Å²) in [5, 5.41) is 2.65. The summed E-state index contributed by atoms with van der Waals surface area (Å²) < 4.78 is 35.1. The van der Waals surface area contributed by atoms with E-state index in [0.29, 0.717) is 11.3 Å². The molecule has 10 heteroatoms. The zero-order valence-corrected chi connectivity index (χ0v) is 16.1. The van der Waals surface area contributed by atoms with Crippen LogP contribution in [0.3, 0.4) is 0 Å². The van der Waals surface area contributed by atoms with Gasteiger partial charge in [-0.15, -0.1) is 0 Å². The van der Waals surface area contributed by atoms with Crippen molar-refractivity contribution in [2.45, 2.75) is 6.92 Å². The molecule has 1 aliphatic rings. The highest BCUT2D eigenvalue weighted by molar-refractivity contribution is 8.00. The van der Waals surface area contributed by atoms with Gasteiger partial charge in [0.1, 0.15) is 16.4 Å². The number of hydrogen-bond donors (Lipinski definition) is 1. The summed E-state index contributed by atoms with van der Waals surface area (Å²) in [7, 11) is -2.43. The number of carbonyl (C=O) groups is 2. The third-order valence-electron chi connectivity index (χ3n) is 3.75. The predicted molar refractivity (Wildman–Crippen MR) is 99.9 cm³/mol. The van der Waals surface area contributed by atoms with E-state index in [4.69, 9.17) is 4.74 Å². The van der Waals surface area contributed by atoms with Crippen molar-refractivity contribution in [2.75, 3.05) is 24.8 Å². The lowest BCUT2D eigenvalue weighted by molar-refractivity contribution is -0.115. The molecule has 1 aromatic heterocycles. The molecule has 0 saturated heterocycles.